The maximum atomic E-state index is 12.0. The monoisotopic (exact) mass is 241 g/mol. The van der Waals surface area contributed by atoms with E-state index in [0.29, 0.717) is 32.5 Å². The number of ether oxygens (including phenoxy) is 1. The standard InChI is InChI=1S/C12H19NO4/c1-2-17-10-7-9(10)11(14)13-5-3-8(4-6-13)12(15)16/h8-10H,2-7H2,1H3,(H,15,16)/t9-,10+/m1/s1. The van der Waals surface area contributed by atoms with Gasteiger partial charge in [-0.25, -0.2) is 0 Å². The van der Waals surface area contributed by atoms with E-state index in [1.54, 1.807) is 4.90 Å². The first-order valence-electron chi connectivity index (χ1n) is 6.26. The van der Waals surface area contributed by atoms with Crippen LogP contribution in [-0.4, -0.2) is 47.7 Å². The van der Waals surface area contributed by atoms with Crippen molar-refractivity contribution in [2.75, 3.05) is 19.7 Å². The van der Waals surface area contributed by atoms with Crippen molar-refractivity contribution >= 4 is 11.9 Å². The van der Waals surface area contributed by atoms with Crippen LogP contribution in [0.5, 0.6) is 0 Å². The number of aliphatic carboxylic acids is 1. The number of rotatable bonds is 4. The van der Waals surface area contributed by atoms with Crippen LogP contribution >= 0.6 is 0 Å². The molecule has 0 aromatic rings. The fourth-order valence-corrected chi connectivity index (χ4v) is 2.41. The van der Waals surface area contributed by atoms with Gasteiger partial charge in [0.05, 0.1) is 17.9 Å². The molecule has 0 unspecified atom stereocenters. The van der Waals surface area contributed by atoms with E-state index >= 15 is 0 Å². The van der Waals surface area contributed by atoms with Crippen LogP contribution in [0, 0.1) is 11.8 Å². The summed E-state index contributed by atoms with van der Waals surface area (Å²) in [7, 11) is 0. The Labute approximate surface area is 101 Å². The minimum absolute atomic E-state index is 0.0244. The largest absolute Gasteiger partial charge is 0.481 e. The molecular weight excluding hydrogens is 222 g/mol. The second-order valence-electron chi connectivity index (χ2n) is 4.77. The van der Waals surface area contributed by atoms with Crippen LogP contribution in [0.3, 0.4) is 0 Å². The Kier molecular flexibility index (Phi) is 3.66. The molecule has 1 N–H and O–H groups in total. The topological polar surface area (TPSA) is 66.8 Å². The van der Waals surface area contributed by atoms with E-state index < -0.39 is 5.97 Å². The van der Waals surface area contributed by atoms with Gasteiger partial charge in [-0.3, -0.25) is 9.59 Å². The highest BCUT2D eigenvalue weighted by molar-refractivity contribution is 5.82. The van der Waals surface area contributed by atoms with Crippen LogP contribution in [0.25, 0.3) is 0 Å². The summed E-state index contributed by atoms with van der Waals surface area (Å²) < 4.78 is 5.40. The Morgan fingerprint density at radius 2 is 2.00 bits per heavy atom. The van der Waals surface area contributed by atoms with Gasteiger partial charge in [-0.1, -0.05) is 0 Å². The van der Waals surface area contributed by atoms with Gasteiger partial charge in [0, 0.05) is 19.7 Å². The molecule has 0 aromatic carbocycles. The first-order valence-corrected chi connectivity index (χ1v) is 6.26. The number of likely N-dealkylation sites (tertiary alicyclic amines) is 1. The van der Waals surface area contributed by atoms with Crippen molar-refractivity contribution in [1.29, 1.82) is 0 Å². The second-order valence-corrected chi connectivity index (χ2v) is 4.77. The summed E-state index contributed by atoms with van der Waals surface area (Å²) in [4.78, 5) is 24.6. The highest BCUT2D eigenvalue weighted by atomic mass is 16.5. The number of hydrogen-bond acceptors (Lipinski definition) is 3. The first kappa shape index (κ1) is 12.4. The molecule has 1 aliphatic carbocycles. The van der Waals surface area contributed by atoms with Crippen molar-refractivity contribution in [3.63, 3.8) is 0 Å². The van der Waals surface area contributed by atoms with Crippen molar-refractivity contribution in [2.24, 2.45) is 11.8 Å². The Balaban J connectivity index is 1.78. The van der Waals surface area contributed by atoms with E-state index in [1.165, 1.54) is 0 Å². The van der Waals surface area contributed by atoms with Gasteiger partial charge >= 0.3 is 5.97 Å². The van der Waals surface area contributed by atoms with Gasteiger partial charge in [-0.05, 0) is 26.2 Å². The number of piperidine rings is 1. The lowest BCUT2D eigenvalue weighted by Crippen LogP contribution is -2.41. The molecule has 2 aliphatic rings. The fraction of sp³-hybridized carbons (Fsp3) is 0.833. The molecular formula is C12H19NO4. The SMILES string of the molecule is CCO[C@H]1C[C@H]1C(=O)N1CCC(C(=O)O)CC1. The maximum absolute atomic E-state index is 12.0. The Morgan fingerprint density at radius 1 is 1.35 bits per heavy atom. The molecule has 1 aliphatic heterocycles. The number of hydrogen-bond donors (Lipinski definition) is 1. The third-order valence-corrected chi connectivity index (χ3v) is 3.59. The molecule has 0 radical (unpaired) electrons. The summed E-state index contributed by atoms with van der Waals surface area (Å²) in [5, 5.41) is 8.87. The predicted molar refractivity (Wildman–Crippen MR) is 60.5 cm³/mol. The van der Waals surface area contributed by atoms with Gasteiger partial charge in [0.25, 0.3) is 0 Å². The lowest BCUT2D eigenvalue weighted by atomic mass is 9.97. The highest BCUT2D eigenvalue weighted by Crippen LogP contribution is 2.36. The van der Waals surface area contributed by atoms with Crippen molar-refractivity contribution in [3.8, 4) is 0 Å². The summed E-state index contributed by atoms with van der Waals surface area (Å²) >= 11 is 0. The van der Waals surface area contributed by atoms with Gasteiger partial charge < -0.3 is 14.7 Å². The molecule has 0 spiro atoms. The molecule has 17 heavy (non-hydrogen) atoms. The summed E-state index contributed by atoms with van der Waals surface area (Å²) in [6.45, 7) is 3.73. The van der Waals surface area contributed by atoms with E-state index in [2.05, 4.69) is 0 Å². The molecule has 0 aromatic heterocycles. The lowest BCUT2D eigenvalue weighted by Gasteiger charge is -2.30. The first-order chi connectivity index (χ1) is 8.13. The molecule has 2 atom stereocenters. The number of carbonyl (C=O) groups is 2. The molecule has 5 nitrogen and oxygen atoms in total. The van der Waals surface area contributed by atoms with E-state index in [1.807, 2.05) is 6.92 Å². The molecule has 1 saturated carbocycles. The molecule has 1 saturated heterocycles. The zero-order chi connectivity index (χ0) is 12.4. The van der Waals surface area contributed by atoms with Crippen molar-refractivity contribution < 1.29 is 19.4 Å². The van der Waals surface area contributed by atoms with Crippen LogP contribution < -0.4 is 0 Å². The van der Waals surface area contributed by atoms with Crippen LogP contribution in [0.2, 0.25) is 0 Å². The smallest absolute Gasteiger partial charge is 0.306 e. The van der Waals surface area contributed by atoms with Crippen LogP contribution in [0.1, 0.15) is 26.2 Å². The molecule has 2 rings (SSSR count). The van der Waals surface area contributed by atoms with Crippen LogP contribution in [-0.2, 0) is 14.3 Å². The van der Waals surface area contributed by atoms with E-state index in [0.717, 1.165) is 6.42 Å². The molecule has 96 valence electrons. The van der Waals surface area contributed by atoms with Gasteiger partial charge in [0.2, 0.25) is 5.91 Å². The van der Waals surface area contributed by atoms with Gasteiger partial charge in [0.15, 0.2) is 0 Å². The fourth-order valence-electron chi connectivity index (χ4n) is 2.41. The molecule has 2 fully saturated rings. The van der Waals surface area contributed by atoms with E-state index in [4.69, 9.17) is 9.84 Å². The average molecular weight is 241 g/mol. The third kappa shape index (κ3) is 2.77. The molecule has 5 heteroatoms. The number of carboxylic acid groups (broad SMARTS) is 1. The quantitative estimate of drug-likeness (QED) is 0.788. The van der Waals surface area contributed by atoms with Crippen LogP contribution in [0.15, 0.2) is 0 Å². The van der Waals surface area contributed by atoms with E-state index in [-0.39, 0.29) is 23.8 Å². The minimum Gasteiger partial charge on any atom is -0.481 e. The minimum atomic E-state index is -0.740. The number of nitrogens with zero attached hydrogens (tertiary/aromatic N) is 1. The molecule has 1 heterocycles. The lowest BCUT2D eigenvalue weighted by molar-refractivity contribution is -0.146. The Morgan fingerprint density at radius 3 is 2.53 bits per heavy atom. The number of carboxylic acids is 1. The number of carbonyl (C=O) groups excluding carboxylic acids is 1. The average Bonchev–Trinajstić information content (AvgIpc) is 3.08. The van der Waals surface area contributed by atoms with E-state index in [9.17, 15) is 9.59 Å². The highest BCUT2D eigenvalue weighted by Gasteiger charge is 2.46. The normalized spacial score (nSPS) is 29.1. The third-order valence-electron chi connectivity index (χ3n) is 3.59. The van der Waals surface area contributed by atoms with Gasteiger partial charge in [-0.2, -0.15) is 0 Å². The summed E-state index contributed by atoms with van der Waals surface area (Å²) in [5.74, 6) is -0.847. The zero-order valence-electron chi connectivity index (χ0n) is 10.1. The van der Waals surface area contributed by atoms with Crippen molar-refractivity contribution in [2.45, 2.75) is 32.3 Å². The van der Waals surface area contributed by atoms with Gasteiger partial charge in [-0.15, -0.1) is 0 Å². The summed E-state index contributed by atoms with van der Waals surface area (Å²) in [5.41, 5.74) is 0. The predicted octanol–water partition coefficient (Wildman–Crippen LogP) is 0.735. The van der Waals surface area contributed by atoms with Crippen molar-refractivity contribution in [3.05, 3.63) is 0 Å². The van der Waals surface area contributed by atoms with Crippen molar-refractivity contribution in [1.82, 2.24) is 4.90 Å². The molecule has 0 bridgehead atoms. The zero-order valence-corrected chi connectivity index (χ0v) is 10.1. The molecule has 1 amide bonds. The second kappa shape index (κ2) is 5.04. The van der Waals surface area contributed by atoms with Crippen LogP contribution in [0.4, 0.5) is 0 Å². The number of amides is 1. The summed E-state index contributed by atoms with van der Waals surface area (Å²) in [6.07, 6.45) is 2.08. The Hall–Kier alpha value is -1.10. The van der Waals surface area contributed by atoms with Gasteiger partial charge in [0.1, 0.15) is 0 Å². The summed E-state index contributed by atoms with van der Waals surface area (Å²) in [6, 6.07) is 0. The maximum Gasteiger partial charge on any atom is 0.306 e. The Bertz CT molecular complexity index is 310.